The van der Waals surface area contributed by atoms with Gasteiger partial charge >= 0.3 is 5.97 Å². The lowest BCUT2D eigenvalue weighted by Gasteiger charge is -2.35. The third kappa shape index (κ3) is 2.88. The van der Waals surface area contributed by atoms with Crippen molar-refractivity contribution in [1.29, 1.82) is 0 Å². The van der Waals surface area contributed by atoms with Crippen molar-refractivity contribution in [1.82, 2.24) is 9.88 Å². The van der Waals surface area contributed by atoms with Gasteiger partial charge in [-0.25, -0.2) is 0 Å². The molecule has 18 heavy (non-hydrogen) atoms. The number of hydrogen-bond acceptors (Lipinski definition) is 4. The zero-order valence-corrected chi connectivity index (χ0v) is 11.0. The summed E-state index contributed by atoms with van der Waals surface area (Å²) in [5, 5.41) is 0. The van der Waals surface area contributed by atoms with E-state index in [0.717, 1.165) is 25.2 Å². The predicted molar refractivity (Wildman–Crippen MR) is 69.2 cm³/mol. The first-order valence-corrected chi connectivity index (χ1v) is 6.48. The van der Waals surface area contributed by atoms with Crippen LogP contribution in [-0.2, 0) is 9.53 Å². The minimum absolute atomic E-state index is 0.0592. The van der Waals surface area contributed by atoms with Gasteiger partial charge in [0.25, 0.3) is 0 Å². The lowest BCUT2D eigenvalue weighted by molar-refractivity contribution is -0.150. The van der Waals surface area contributed by atoms with Crippen molar-refractivity contribution in [3.8, 4) is 0 Å². The zero-order chi connectivity index (χ0) is 13.0. The number of aromatic nitrogens is 1. The topological polar surface area (TPSA) is 42.4 Å². The molecule has 98 valence electrons. The molecule has 1 aromatic rings. The van der Waals surface area contributed by atoms with Gasteiger partial charge in [0.05, 0.1) is 12.5 Å². The highest BCUT2D eigenvalue weighted by Gasteiger charge is 2.35. The first-order chi connectivity index (χ1) is 8.72. The molecule has 2 rings (SSSR count). The molecule has 1 saturated heterocycles. The Kier molecular flexibility index (Phi) is 4.31. The van der Waals surface area contributed by atoms with Gasteiger partial charge in [0.1, 0.15) is 0 Å². The Morgan fingerprint density at radius 2 is 2.39 bits per heavy atom. The Bertz CT molecular complexity index is 394. The second-order valence-electron chi connectivity index (χ2n) is 4.77. The summed E-state index contributed by atoms with van der Waals surface area (Å²) in [6.45, 7) is 4.09. The van der Waals surface area contributed by atoms with Crippen LogP contribution in [0.25, 0.3) is 0 Å². The molecule has 0 saturated carbocycles. The summed E-state index contributed by atoms with van der Waals surface area (Å²) >= 11 is 0. The molecule has 0 N–H and O–H groups in total. The van der Waals surface area contributed by atoms with Gasteiger partial charge in [-0.2, -0.15) is 0 Å². The number of likely N-dealkylation sites (N-methyl/N-ethyl adjacent to an activating group) is 1. The van der Waals surface area contributed by atoms with Crippen molar-refractivity contribution >= 4 is 5.97 Å². The summed E-state index contributed by atoms with van der Waals surface area (Å²) in [7, 11) is 2.08. The summed E-state index contributed by atoms with van der Waals surface area (Å²) in [5.74, 6) is 0.00121. The summed E-state index contributed by atoms with van der Waals surface area (Å²) < 4.78 is 5.18. The van der Waals surface area contributed by atoms with Gasteiger partial charge in [-0.15, -0.1) is 0 Å². The SMILES string of the molecule is CCOC(=O)[C@@H]1CCN(C)C[C@@H]1c1ccccn1. The molecule has 0 bridgehead atoms. The summed E-state index contributed by atoms with van der Waals surface area (Å²) in [5.41, 5.74) is 0.988. The Hall–Kier alpha value is -1.42. The van der Waals surface area contributed by atoms with Gasteiger partial charge in [-0.05, 0) is 39.1 Å². The average molecular weight is 248 g/mol. The molecule has 0 aliphatic carbocycles. The van der Waals surface area contributed by atoms with Crippen LogP contribution < -0.4 is 0 Å². The number of piperidine rings is 1. The van der Waals surface area contributed by atoms with Crippen molar-refractivity contribution in [2.45, 2.75) is 19.3 Å². The van der Waals surface area contributed by atoms with Gasteiger partial charge in [0, 0.05) is 24.4 Å². The molecule has 0 radical (unpaired) electrons. The van der Waals surface area contributed by atoms with Crippen LogP contribution >= 0.6 is 0 Å². The maximum atomic E-state index is 12.0. The van der Waals surface area contributed by atoms with E-state index in [1.807, 2.05) is 25.1 Å². The van der Waals surface area contributed by atoms with E-state index < -0.39 is 0 Å². The lowest BCUT2D eigenvalue weighted by Crippen LogP contribution is -2.40. The van der Waals surface area contributed by atoms with Gasteiger partial charge < -0.3 is 9.64 Å². The molecule has 0 unspecified atom stereocenters. The molecular formula is C14H20N2O2. The highest BCUT2D eigenvalue weighted by Crippen LogP contribution is 2.31. The Morgan fingerprint density at radius 3 is 3.06 bits per heavy atom. The van der Waals surface area contributed by atoms with Crippen LogP contribution in [0.4, 0.5) is 0 Å². The van der Waals surface area contributed by atoms with Crippen molar-refractivity contribution in [3.63, 3.8) is 0 Å². The number of carbonyl (C=O) groups excluding carboxylic acids is 1. The maximum Gasteiger partial charge on any atom is 0.309 e. The predicted octanol–water partition coefficient (Wildman–Crippen LogP) is 1.68. The minimum atomic E-state index is -0.0822. The van der Waals surface area contributed by atoms with E-state index in [4.69, 9.17) is 4.74 Å². The standard InChI is InChI=1S/C14H20N2O2/c1-3-18-14(17)11-7-9-16(2)10-12(11)13-6-4-5-8-15-13/h4-6,8,11-12H,3,7,9-10H2,1-2H3/t11-,12+/m1/s1. The number of carbonyl (C=O) groups is 1. The second-order valence-corrected chi connectivity index (χ2v) is 4.77. The Labute approximate surface area is 108 Å². The van der Waals surface area contributed by atoms with Gasteiger partial charge in [-0.3, -0.25) is 9.78 Å². The number of ether oxygens (including phenoxy) is 1. The van der Waals surface area contributed by atoms with Crippen LogP contribution in [0.15, 0.2) is 24.4 Å². The summed E-state index contributed by atoms with van der Waals surface area (Å²) in [6.07, 6.45) is 2.63. The molecule has 2 atom stereocenters. The molecule has 0 aromatic carbocycles. The smallest absolute Gasteiger partial charge is 0.309 e. The number of likely N-dealkylation sites (tertiary alicyclic amines) is 1. The largest absolute Gasteiger partial charge is 0.466 e. The average Bonchev–Trinajstić information content (AvgIpc) is 2.40. The van der Waals surface area contributed by atoms with E-state index in [1.165, 1.54) is 0 Å². The van der Waals surface area contributed by atoms with E-state index in [0.29, 0.717) is 6.61 Å². The van der Waals surface area contributed by atoms with Crippen LogP contribution in [0.3, 0.4) is 0 Å². The molecule has 1 fully saturated rings. The van der Waals surface area contributed by atoms with Crippen molar-refractivity contribution in [3.05, 3.63) is 30.1 Å². The number of hydrogen-bond donors (Lipinski definition) is 0. The maximum absolute atomic E-state index is 12.0. The Morgan fingerprint density at radius 1 is 1.56 bits per heavy atom. The second kappa shape index (κ2) is 5.96. The van der Waals surface area contributed by atoms with E-state index in [9.17, 15) is 4.79 Å². The fourth-order valence-electron chi connectivity index (χ4n) is 2.54. The monoisotopic (exact) mass is 248 g/mol. The van der Waals surface area contributed by atoms with Crippen LogP contribution in [0, 0.1) is 5.92 Å². The third-order valence-electron chi connectivity index (χ3n) is 3.47. The molecule has 2 heterocycles. The zero-order valence-electron chi connectivity index (χ0n) is 11.0. The number of pyridine rings is 1. The van der Waals surface area contributed by atoms with Crippen LogP contribution in [0.1, 0.15) is 25.0 Å². The molecule has 4 nitrogen and oxygen atoms in total. The minimum Gasteiger partial charge on any atom is -0.466 e. The first kappa shape index (κ1) is 13.0. The van der Waals surface area contributed by atoms with Crippen LogP contribution in [0.2, 0.25) is 0 Å². The molecule has 0 spiro atoms. The highest BCUT2D eigenvalue weighted by atomic mass is 16.5. The quantitative estimate of drug-likeness (QED) is 0.763. The third-order valence-corrected chi connectivity index (χ3v) is 3.47. The normalized spacial score (nSPS) is 24.8. The lowest BCUT2D eigenvalue weighted by atomic mass is 9.83. The van der Waals surface area contributed by atoms with Crippen molar-refractivity contribution in [2.75, 3.05) is 26.7 Å². The molecule has 1 aliphatic rings. The van der Waals surface area contributed by atoms with Gasteiger partial charge in [0.2, 0.25) is 0 Å². The molecular weight excluding hydrogens is 228 g/mol. The highest BCUT2D eigenvalue weighted by molar-refractivity contribution is 5.73. The molecule has 4 heteroatoms. The Balaban J connectivity index is 2.19. The number of esters is 1. The fourth-order valence-corrected chi connectivity index (χ4v) is 2.54. The summed E-state index contributed by atoms with van der Waals surface area (Å²) in [4.78, 5) is 18.7. The first-order valence-electron chi connectivity index (χ1n) is 6.48. The fraction of sp³-hybridized carbons (Fsp3) is 0.571. The number of rotatable bonds is 3. The van der Waals surface area contributed by atoms with Crippen LogP contribution in [-0.4, -0.2) is 42.6 Å². The van der Waals surface area contributed by atoms with E-state index in [2.05, 4.69) is 16.9 Å². The van der Waals surface area contributed by atoms with Crippen molar-refractivity contribution < 1.29 is 9.53 Å². The van der Waals surface area contributed by atoms with Crippen molar-refractivity contribution in [2.24, 2.45) is 5.92 Å². The van der Waals surface area contributed by atoms with Gasteiger partial charge in [0.15, 0.2) is 0 Å². The molecule has 0 amide bonds. The summed E-state index contributed by atoms with van der Waals surface area (Å²) in [6, 6.07) is 5.87. The number of nitrogens with zero attached hydrogens (tertiary/aromatic N) is 2. The van der Waals surface area contributed by atoms with E-state index >= 15 is 0 Å². The van der Waals surface area contributed by atoms with Crippen LogP contribution in [0.5, 0.6) is 0 Å². The molecule has 1 aromatic heterocycles. The van der Waals surface area contributed by atoms with Gasteiger partial charge in [-0.1, -0.05) is 6.07 Å². The van der Waals surface area contributed by atoms with E-state index in [-0.39, 0.29) is 17.8 Å². The molecule has 1 aliphatic heterocycles. The van der Waals surface area contributed by atoms with E-state index in [1.54, 1.807) is 6.20 Å².